The van der Waals surface area contributed by atoms with Gasteiger partial charge in [-0.05, 0) is 31.9 Å². The van der Waals surface area contributed by atoms with Gasteiger partial charge < -0.3 is 14.7 Å². The smallest absolute Gasteiger partial charge is 0.316 e. The maximum atomic E-state index is 12.8. The van der Waals surface area contributed by atoms with Crippen molar-refractivity contribution in [2.24, 2.45) is 0 Å². The Morgan fingerprint density at radius 2 is 2.00 bits per heavy atom. The molecule has 0 bridgehead atoms. The van der Waals surface area contributed by atoms with Crippen molar-refractivity contribution < 1.29 is 14.6 Å². The number of carbonyl (C=O) groups is 1. The second kappa shape index (κ2) is 6.39. The van der Waals surface area contributed by atoms with Crippen molar-refractivity contribution in [3.63, 3.8) is 0 Å². The first-order valence-corrected chi connectivity index (χ1v) is 8.25. The van der Waals surface area contributed by atoms with Gasteiger partial charge in [0.2, 0.25) is 0 Å². The van der Waals surface area contributed by atoms with Gasteiger partial charge in [-0.1, -0.05) is 43.2 Å². The zero-order chi connectivity index (χ0) is 15.6. The quantitative estimate of drug-likeness (QED) is 0.867. The Kier molecular flexibility index (Phi) is 4.50. The van der Waals surface area contributed by atoms with Crippen molar-refractivity contribution in [1.29, 1.82) is 0 Å². The number of ether oxygens (including phenoxy) is 1. The molecule has 4 nitrogen and oxygen atoms in total. The monoisotopic (exact) mass is 303 g/mol. The molecule has 0 amide bonds. The summed E-state index contributed by atoms with van der Waals surface area (Å²) >= 11 is 0. The molecule has 120 valence electrons. The summed E-state index contributed by atoms with van der Waals surface area (Å²) in [5, 5.41) is 11.0. The summed E-state index contributed by atoms with van der Waals surface area (Å²) in [5.41, 5.74) is -0.0913. The van der Waals surface area contributed by atoms with E-state index in [1.165, 1.54) is 0 Å². The summed E-state index contributed by atoms with van der Waals surface area (Å²) in [4.78, 5) is 15.0. The Bertz CT molecular complexity index is 510. The minimum Gasteiger partial charge on any atom is -0.460 e. The molecule has 2 unspecified atom stereocenters. The van der Waals surface area contributed by atoms with Gasteiger partial charge in [-0.15, -0.1) is 0 Å². The minimum absolute atomic E-state index is 0.0475. The molecule has 4 heteroatoms. The lowest BCUT2D eigenvalue weighted by Gasteiger charge is -2.32. The Morgan fingerprint density at radius 1 is 1.32 bits per heavy atom. The van der Waals surface area contributed by atoms with Crippen LogP contribution in [0.25, 0.3) is 0 Å². The molecule has 2 fully saturated rings. The van der Waals surface area contributed by atoms with Crippen LogP contribution >= 0.6 is 0 Å². The molecule has 1 aromatic carbocycles. The summed E-state index contributed by atoms with van der Waals surface area (Å²) in [7, 11) is 2.03. The molecule has 22 heavy (non-hydrogen) atoms. The largest absolute Gasteiger partial charge is 0.460 e. The molecule has 0 aromatic heterocycles. The molecular formula is C18H25NO3. The average molecular weight is 303 g/mol. The fourth-order valence-electron chi connectivity index (χ4n) is 3.81. The van der Waals surface area contributed by atoms with E-state index in [-0.39, 0.29) is 12.1 Å². The Labute approximate surface area is 132 Å². The highest BCUT2D eigenvalue weighted by Crippen LogP contribution is 2.42. The highest BCUT2D eigenvalue weighted by molar-refractivity contribution is 5.80. The number of likely N-dealkylation sites (tertiary alicyclic amines) is 1. The molecule has 2 atom stereocenters. The topological polar surface area (TPSA) is 49.8 Å². The summed E-state index contributed by atoms with van der Waals surface area (Å²) < 4.78 is 5.74. The zero-order valence-electron chi connectivity index (χ0n) is 13.2. The maximum Gasteiger partial charge on any atom is 0.316 e. The van der Waals surface area contributed by atoms with Crippen LogP contribution in [-0.2, 0) is 9.53 Å². The van der Waals surface area contributed by atoms with Gasteiger partial charge >= 0.3 is 5.97 Å². The molecule has 0 spiro atoms. The number of benzene rings is 1. The first-order chi connectivity index (χ1) is 10.6. The van der Waals surface area contributed by atoms with Crippen LogP contribution < -0.4 is 0 Å². The van der Waals surface area contributed by atoms with Crippen molar-refractivity contribution in [1.82, 2.24) is 4.90 Å². The summed E-state index contributed by atoms with van der Waals surface area (Å²) in [6.45, 7) is 1.74. The van der Waals surface area contributed by atoms with Crippen LogP contribution in [0.1, 0.15) is 43.6 Å². The fourth-order valence-corrected chi connectivity index (χ4v) is 3.81. The number of rotatable bonds is 4. The standard InChI is InChI=1S/C18H25NO3/c1-19-12-9-15(13-19)22-17(20)16(14-7-3-2-4-8-14)18(21)10-5-6-11-18/h2-4,7-8,15-16,21H,5-6,9-13H2,1H3. The molecule has 1 aliphatic heterocycles. The van der Waals surface area contributed by atoms with Crippen molar-refractivity contribution in [3.8, 4) is 0 Å². The van der Waals surface area contributed by atoms with E-state index in [1.807, 2.05) is 37.4 Å². The summed E-state index contributed by atoms with van der Waals surface area (Å²) in [6.07, 6.45) is 4.12. The third-order valence-electron chi connectivity index (χ3n) is 5.01. The van der Waals surface area contributed by atoms with Crippen LogP contribution in [-0.4, -0.2) is 47.8 Å². The molecule has 1 aromatic rings. The molecular weight excluding hydrogens is 278 g/mol. The minimum atomic E-state index is -0.955. The van der Waals surface area contributed by atoms with E-state index in [0.29, 0.717) is 12.8 Å². The van der Waals surface area contributed by atoms with Crippen LogP contribution in [0, 0.1) is 0 Å². The van der Waals surface area contributed by atoms with Gasteiger partial charge in [0.1, 0.15) is 12.0 Å². The van der Waals surface area contributed by atoms with Gasteiger partial charge in [0.25, 0.3) is 0 Å². The highest BCUT2D eigenvalue weighted by atomic mass is 16.5. The normalized spacial score (nSPS) is 26.0. The third kappa shape index (κ3) is 3.18. The molecule has 1 aliphatic carbocycles. The number of nitrogens with zero attached hydrogens (tertiary/aromatic N) is 1. The van der Waals surface area contributed by atoms with Gasteiger partial charge in [0.05, 0.1) is 5.60 Å². The van der Waals surface area contributed by atoms with E-state index in [2.05, 4.69) is 4.90 Å². The van der Waals surface area contributed by atoms with E-state index in [4.69, 9.17) is 4.74 Å². The first-order valence-electron chi connectivity index (χ1n) is 8.25. The van der Waals surface area contributed by atoms with E-state index in [1.54, 1.807) is 0 Å². The molecule has 2 aliphatic rings. The van der Waals surface area contributed by atoms with Gasteiger partial charge in [-0.25, -0.2) is 0 Å². The molecule has 1 heterocycles. The maximum absolute atomic E-state index is 12.8. The van der Waals surface area contributed by atoms with Gasteiger partial charge in [-0.3, -0.25) is 4.79 Å². The van der Waals surface area contributed by atoms with Crippen molar-refractivity contribution in [2.75, 3.05) is 20.1 Å². The van der Waals surface area contributed by atoms with E-state index < -0.39 is 11.5 Å². The summed E-state index contributed by atoms with van der Waals surface area (Å²) in [5.74, 6) is -0.835. The van der Waals surface area contributed by atoms with Crippen LogP contribution in [0.2, 0.25) is 0 Å². The molecule has 0 radical (unpaired) electrons. The summed E-state index contributed by atoms with van der Waals surface area (Å²) in [6, 6.07) is 9.59. The van der Waals surface area contributed by atoms with Gasteiger partial charge in [0, 0.05) is 13.1 Å². The SMILES string of the molecule is CN1CCC(OC(=O)C(c2ccccc2)C2(O)CCCC2)C1. The lowest BCUT2D eigenvalue weighted by atomic mass is 9.80. The predicted molar refractivity (Wildman–Crippen MR) is 84.6 cm³/mol. The lowest BCUT2D eigenvalue weighted by Crippen LogP contribution is -2.40. The van der Waals surface area contributed by atoms with E-state index >= 15 is 0 Å². The van der Waals surface area contributed by atoms with E-state index in [9.17, 15) is 9.90 Å². The van der Waals surface area contributed by atoms with Crippen molar-refractivity contribution >= 4 is 5.97 Å². The zero-order valence-corrected chi connectivity index (χ0v) is 13.2. The van der Waals surface area contributed by atoms with Crippen LogP contribution in [0.3, 0.4) is 0 Å². The molecule has 1 saturated heterocycles. The van der Waals surface area contributed by atoms with Gasteiger partial charge in [0.15, 0.2) is 0 Å². The number of hydrogen-bond acceptors (Lipinski definition) is 4. The Hall–Kier alpha value is -1.39. The molecule has 1 saturated carbocycles. The second-order valence-electron chi connectivity index (χ2n) is 6.76. The Morgan fingerprint density at radius 3 is 2.59 bits per heavy atom. The fraction of sp³-hybridized carbons (Fsp3) is 0.611. The predicted octanol–water partition coefficient (Wildman–Crippen LogP) is 2.32. The number of hydrogen-bond donors (Lipinski definition) is 1. The van der Waals surface area contributed by atoms with Gasteiger partial charge in [-0.2, -0.15) is 0 Å². The lowest BCUT2D eigenvalue weighted by molar-refractivity contribution is -0.157. The van der Waals surface area contributed by atoms with E-state index in [0.717, 1.165) is 37.9 Å². The number of esters is 1. The Balaban J connectivity index is 1.80. The second-order valence-corrected chi connectivity index (χ2v) is 6.76. The molecule has 1 N–H and O–H groups in total. The highest BCUT2D eigenvalue weighted by Gasteiger charge is 2.46. The van der Waals surface area contributed by atoms with Crippen molar-refractivity contribution in [3.05, 3.63) is 35.9 Å². The third-order valence-corrected chi connectivity index (χ3v) is 5.01. The van der Waals surface area contributed by atoms with Crippen LogP contribution in [0.15, 0.2) is 30.3 Å². The molecule has 3 rings (SSSR count). The van der Waals surface area contributed by atoms with Crippen LogP contribution in [0.4, 0.5) is 0 Å². The van der Waals surface area contributed by atoms with Crippen molar-refractivity contribution in [2.45, 2.75) is 49.7 Å². The number of aliphatic hydroxyl groups is 1. The first kappa shape index (κ1) is 15.5. The average Bonchev–Trinajstić information content (AvgIpc) is 3.10. The van der Waals surface area contributed by atoms with Crippen LogP contribution in [0.5, 0.6) is 0 Å². The number of carbonyl (C=O) groups excluding carboxylic acids is 1. The number of likely N-dealkylation sites (N-methyl/N-ethyl adjacent to an activating group) is 1.